The maximum absolute atomic E-state index is 12.7. The molecule has 0 N–H and O–H groups in total. The Bertz CT molecular complexity index is 388. The standard InChI is InChI=1S/C17H26O3/c1-13-2-4-14(5-3-13)16(18)15-6-9-20-17(12-15)7-10-19-11-8-17/h4,13,15H,2-3,5-12H2,1H3. The lowest BCUT2D eigenvalue weighted by Gasteiger charge is -2.43. The van der Waals surface area contributed by atoms with Gasteiger partial charge in [0.25, 0.3) is 0 Å². The van der Waals surface area contributed by atoms with Crippen LogP contribution in [0.3, 0.4) is 0 Å². The van der Waals surface area contributed by atoms with Crippen LogP contribution in [0.2, 0.25) is 0 Å². The number of ether oxygens (including phenoxy) is 2. The van der Waals surface area contributed by atoms with Crippen molar-refractivity contribution in [3.63, 3.8) is 0 Å². The molecule has 3 nitrogen and oxygen atoms in total. The molecule has 0 saturated carbocycles. The van der Waals surface area contributed by atoms with Crippen molar-refractivity contribution in [3.8, 4) is 0 Å². The van der Waals surface area contributed by atoms with E-state index >= 15 is 0 Å². The van der Waals surface area contributed by atoms with E-state index in [9.17, 15) is 4.79 Å². The van der Waals surface area contributed by atoms with Crippen molar-refractivity contribution in [1.82, 2.24) is 0 Å². The average Bonchev–Trinajstić information content (AvgIpc) is 2.48. The zero-order valence-corrected chi connectivity index (χ0v) is 12.5. The summed E-state index contributed by atoms with van der Waals surface area (Å²) in [4.78, 5) is 12.7. The number of carbonyl (C=O) groups excluding carboxylic acids is 1. The van der Waals surface area contributed by atoms with E-state index in [1.165, 1.54) is 6.42 Å². The normalized spacial score (nSPS) is 33.8. The van der Waals surface area contributed by atoms with Gasteiger partial charge in [-0.3, -0.25) is 4.79 Å². The predicted molar refractivity (Wildman–Crippen MR) is 77.6 cm³/mol. The van der Waals surface area contributed by atoms with Crippen molar-refractivity contribution in [3.05, 3.63) is 11.6 Å². The summed E-state index contributed by atoms with van der Waals surface area (Å²) in [6.45, 7) is 4.56. The zero-order chi connectivity index (χ0) is 14.0. The number of rotatable bonds is 2. The van der Waals surface area contributed by atoms with Gasteiger partial charge < -0.3 is 9.47 Å². The first-order valence-corrected chi connectivity index (χ1v) is 8.13. The first kappa shape index (κ1) is 14.3. The molecule has 1 aliphatic carbocycles. The molecule has 2 heterocycles. The number of hydrogen-bond donors (Lipinski definition) is 0. The Balaban J connectivity index is 1.66. The fraction of sp³-hybridized carbons (Fsp3) is 0.824. The molecule has 0 aromatic carbocycles. The van der Waals surface area contributed by atoms with Crippen molar-refractivity contribution in [2.75, 3.05) is 19.8 Å². The van der Waals surface area contributed by atoms with Gasteiger partial charge in [-0.2, -0.15) is 0 Å². The van der Waals surface area contributed by atoms with Crippen LogP contribution in [0.15, 0.2) is 11.6 Å². The van der Waals surface area contributed by atoms with Crippen molar-refractivity contribution >= 4 is 5.78 Å². The highest BCUT2D eigenvalue weighted by Gasteiger charge is 2.41. The second kappa shape index (κ2) is 5.98. The smallest absolute Gasteiger partial charge is 0.161 e. The molecule has 1 spiro atoms. The third-order valence-electron chi connectivity index (χ3n) is 5.26. The van der Waals surface area contributed by atoms with Crippen molar-refractivity contribution in [2.24, 2.45) is 11.8 Å². The molecule has 2 saturated heterocycles. The molecule has 20 heavy (non-hydrogen) atoms. The van der Waals surface area contributed by atoms with E-state index in [1.54, 1.807) is 0 Å². The van der Waals surface area contributed by atoms with Gasteiger partial charge in [0.15, 0.2) is 5.78 Å². The molecule has 0 aromatic heterocycles. The number of Topliss-reactive ketones (excluding diaryl/α,β-unsaturated/α-hetero) is 1. The molecule has 2 fully saturated rings. The van der Waals surface area contributed by atoms with Crippen LogP contribution in [-0.4, -0.2) is 31.2 Å². The first-order chi connectivity index (χ1) is 9.69. The monoisotopic (exact) mass is 278 g/mol. The molecule has 0 bridgehead atoms. The van der Waals surface area contributed by atoms with Gasteiger partial charge in [-0.15, -0.1) is 0 Å². The minimum atomic E-state index is -0.0701. The summed E-state index contributed by atoms with van der Waals surface area (Å²) in [6, 6.07) is 0. The maximum atomic E-state index is 12.7. The fourth-order valence-electron chi connectivity index (χ4n) is 3.79. The Morgan fingerprint density at radius 2 is 2.05 bits per heavy atom. The minimum absolute atomic E-state index is 0.0701. The van der Waals surface area contributed by atoms with Gasteiger partial charge in [0.1, 0.15) is 0 Å². The Morgan fingerprint density at radius 1 is 1.25 bits per heavy atom. The van der Waals surface area contributed by atoms with Crippen LogP contribution < -0.4 is 0 Å². The van der Waals surface area contributed by atoms with Crippen LogP contribution in [0.1, 0.15) is 51.9 Å². The third kappa shape index (κ3) is 2.99. The lowest BCUT2D eigenvalue weighted by Crippen LogP contribution is -2.46. The van der Waals surface area contributed by atoms with Gasteiger partial charge >= 0.3 is 0 Å². The Labute approximate surface area is 121 Å². The maximum Gasteiger partial charge on any atom is 0.161 e. The summed E-state index contributed by atoms with van der Waals surface area (Å²) in [5, 5.41) is 0. The molecule has 3 rings (SSSR count). The van der Waals surface area contributed by atoms with Crippen LogP contribution in [0.5, 0.6) is 0 Å². The van der Waals surface area contributed by atoms with Crippen LogP contribution in [0.4, 0.5) is 0 Å². The molecular formula is C17H26O3. The molecule has 0 radical (unpaired) electrons. The van der Waals surface area contributed by atoms with E-state index in [1.807, 2.05) is 0 Å². The summed E-state index contributed by atoms with van der Waals surface area (Å²) < 4.78 is 11.5. The number of ketones is 1. The molecule has 3 heteroatoms. The summed E-state index contributed by atoms with van der Waals surface area (Å²) in [6.07, 6.45) is 9.12. The van der Waals surface area contributed by atoms with Crippen molar-refractivity contribution in [2.45, 2.75) is 57.5 Å². The summed E-state index contributed by atoms with van der Waals surface area (Å²) >= 11 is 0. The molecule has 2 unspecified atom stereocenters. The van der Waals surface area contributed by atoms with E-state index in [0.717, 1.165) is 69.8 Å². The summed E-state index contributed by atoms with van der Waals surface area (Å²) in [5.41, 5.74) is 1.02. The Kier molecular flexibility index (Phi) is 4.27. The summed E-state index contributed by atoms with van der Waals surface area (Å²) in [5.74, 6) is 1.33. The van der Waals surface area contributed by atoms with Crippen molar-refractivity contribution < 1.29 is 14.3 Å². The fourth-order valence-corrected chi connectivity index (χ4v) is 3.79. The number of allylic oxidation sites excluding steroid dienone is 2. The lowest BCUT2D eigenvalue weighted by atomic mass is 9.76. The molecule has 0 amide bonds. The Morgan fingerprint density at radius 3 is 2.75 bits per heavy atom. The van der Waals surface area contributed by atoms with Gasteiger partial charge in [0.05, 0.1) is 5.60 Å². The molecular weight excluding hydrogens is 252 g/mol. The average molecular weight is 278 g/mol. The Hall–Kier alpha value is -0.670. The van der Waals surface area contributed by atoms with E-state index in [0.29, 0.717) is 5.78 Å². The second-order valence-corrected chi connectivity index (χ2v) is 6.81. The van der Waals surface area contributed by atoms with Gasteiger partial charge in [-0.25, -0.2) is 0 Å². The van der Waals surface area contributed by atoms with Gasteiger partial charge in [-0.05, 0) is 56.4 Å². The van der Waals surface area contributed by atoms with E-state index in [-0.39, 0.29) is 11.5 Å². The van der Waals surface area contributed by atoms with Gasteiger partial charge in [-0.1, -0.05) is 13.0 Å². The van der Waals surface area contributed by atoms with E-state index in [4.69, 9.17) is 9.47 Å². The largest absolute Gasteiger partial charge is 0.381 e. The van der Waals surface area contributed by atoms with Crippen molar-refractivity contribution in [1.29, 1.82) is 0 Å². The highest BCUT2D eigenvalue weighted by atomic mass is 16.5. The predicted octanol–water partition coefficient (Wildman–Crippen LogP) is 3.28. The lowest BCUT2D eigenvalue weighted by molar-refractivity contribution is -0.155. The van der Waals surface area contributed by atoms with Crippen LogP contribution in [0, 0.1) is 11.8 Å². The first-order valence-electron chi connectivity index (χ1n) is 8.13. The third-order valence-corrected chi connectivity index (χ3v) is 5.26. The van der Waals surface area contributed by atoms with Crippen LogP contribution >= 0.6 is 0 Å². The number of hydrogen-bond acceptors (Lipinski definition) is 3. The topological polar surface area (TPSA) is 35.5 Å². The second-order valence-electron chi connectivity index (χ2n) is 6.81. The highest BCUT2D eigenvalue weighted by Crippen LogP contribution is 2.39. The number of carbonyl (C=O) groups is 1. The molecule has 3 aliphatic rings. The summed E-state index contributed by atoms with van der Waals surface area (Å²) in [7, 11) is 0. The van der Waals surface area contributed by atoms with Gasteiger partial charge in [0.2, 0.25) is 0 Å². The van der Waals surface area contributed by atoms with E-state index in [2.05, 4.69) is 13.0 Å². The van der Waals surface area contributed by atoms with E-state index < -0.39 is 0 Å². The molecule has 2 aliphatic heterocycles. The molecule has 0 aromatic rings. The highest BCUT2D eigenvalue weighted by molar-refractivity contribution is 5.97. The SMILES string of the molecule is CC1CC=C(C(=O)C2CCOC3(CCOCC3)C2)CC1. The quantitative estimate of drug-likeness (QED) is 0.777. The van der Waals surface area contributed by atoms with Crippen LogP contribution in [-0.2, 0) is 14.3 Å². The minimum Gasteiger partial charge on any atom is -0.381 e. The zero-order valence-electron chi connectivity index (χ0n) is 12.5. The van der Waals surface area contributed by atoms with Crippen LogP contribution in [0.25, 0.3) is 0 Å². The molecule has 2 atom stereocenters. The van der Waals surface area contributed by atoms with Gasteiger partial charge in [0, 0.05) is 25.7 Å². The molecule has 112 valence electrons.